The Morgan fingerprint density at radius 2 is 1.84 bits per heavy atom. The van der Waals surface area contributed by atoms with E-state index in [1.54, 1.807) is 23.9 Å². The number of thioether (sulfide) groups is 1. The lowest BCUT2D eigenvalue weighted by Gasteiger charge is -2.06. The molecule has 0 spiro atoms. The van der Waals surface area contributed by atoms with E-state index in [4.69, 9.17) is 4.74 Å². The summed E-state index contributed by atoms with van der Waals surface area (Å²) in [5.41, 5.74) is 1.25. The van der Waals surface area contributed by atoms with Gasteiger partial charge in [-0.25, -0.2) is 0 Å². The van der Waals surface area contributed by atoms with E-state index in [9.17, 15) is 10.1 Å². The Labute approximate surface area is 148 Å². The van der Waals surface area contributed by atoms with Crippen LogP contribution in [0.4, 0.5) is 5.69 Å². The highest BCUT2D eigenvalue weighted by molar-refractivity contribution is 7.98. The number of ether oxygens (including phenoxy) is 1. The van der Waals surface area contributed by atoms with Crippen molar-refractivity contribution in [3.63, 3.8) is 0 Å². The molecule has 0 saturated carbocycles. The van der Waals surface area contributed by atoms with Crippen LogP contribution in [0.25, 0.3) is 0 Å². The van der Waals surface area contributed by atoms with Gasteiger partial charge in [-0.3, -0.25) is 10.1 Å². The Kier molecular flexibility index (Phi) is 5.30. The summed E-state index contributed by atoms with van der Waals surface area (Å²) in [5, 5.41) is 19.8. The summed E-state index contributed by atoms with van der Waals surface area (Å²) in [5.74, 6) is 2.05. The largest absolute Gasteiger partial charge is 0.486 e. The molecule has 2 aromatic carbocycles. The highest BCUT2D eigenvalue weighted by Gasteiger charge is 2.11. The zero-order chi connectivity index (χ0) is 17.6. The van der Waals surface area contributed by atoms with Gasteiger partial charge in [0.25, 0.3) is 5.69 Å². The van der Waals surface area contributed by atoms with Gasteiger partial charge in [-0.15, -0.1) is 10.2 Å². The second-order valence-corrected chi connectivity index (χ2v) is 6.21. The molecule has 0 saturated heterocycles. The molecule has 7 nitrogen and oxygen atoms in total. The average molecular weight is 356 g/mol. The predicted octanol–water partition coefficient (Wildman–Crippen LogP) is 3.59. The van der Waals surface area contributed by atoms with Gasteiger partial charge < -0.3 is 9.30 Å². The number of aromatic nitrogens is 3. The minimum atomic E-state index is -0.442. The molecular formula is C17H16N4O3S. The smallest absolute Gasteiger partial charge is 0.269 e. The van der Waals surface area contributed by atoms with Crippen molar-refractivity contribution >= 4 is 17.4 Å². The van der Waals surface area contributed by atoms with Gasteiger partial charge in [-0.2, -0.15) is 0 Å². The van der Waals surface area contributed by atoms with Crippen molar-refractivity contribution in [3.05, 3.63) is 76.1 Å². The maximum absolute atomic E-state index is 10.6. The number of non-ortho nitro benzene ring substituents is 1. The average Bonchev–Trinajstić information content (AvgIpc) is 2.99. The minimum Gasteiger partial charge on any atom is -0.486 e. The first kappa shape index (κ1) is 17.0. The van der Waals surface area contributed by atoms with Crippen molar-refractivity contribution in [1.82, 2.24) is 14.8 Å². The van der Waals surface area contributed by atoms with Gasteiger partial charge in [0.05, 0.1) is 4.92 Å². The molecule has 0 unspecified atom stereocenters. The highest BCUT2D eigenvalue weighted by atomic mass is 32.2. The fourth-order valence-corrected chi connectivity index (χ4v) is 3.02. The molecule has 0 bridgehead atoms. The molecule has 0 N–H and O–H groups in total. The quantitative estimate of drug-likeness (QED) is 0.365. The van der Waals surface area contributed by atoms with Crippen LogP contribution >= 0.6 is 11.8 Å². The SMILES string of the molecule is Cn1c(COc2ccc([N+](=O)[O-])cc2)nnc1SCc1ccccc1. The molecule has 0 fully saturated rings. The lowest BCUT2D eigenvalue weighted by Crippen LogP contribution is -2.04. The van der Waals surface area contributed by atoms with Crippen LogP contribution in [0.15, 0.2) is 59.8 Å². The van der Waals surface area contributed by atoms with E-state index in [2.05, 4.69) is 22.3 Å². The van der Waals surface area contributed by atoms with Crippen LogP contribution in [0.5, 0.6) is 5.75 Å². The highest BCUT2D eigenvalue weighted by Crippen LogP contribution is 2.22. The second kappa shape index (κ2) is 7.80. The summed E-state index contributed by atoms with van der Waals surface area (Å²) in [6.45, 7) is 0.243. The van der Waals surface area contributed by atoms with E-state index in [1.807, 2.05) is 29.8 Å². The van der Waals surface area contributed by atoms with Crippen LogP contribution < -0.4 is 4.74 Å². The van der Waals surface area contributed by atoms with Crippen LogP contribution in [0.1, 0.15) is 11.4 Å². The zero-order valence-corrected chi connectivity index (χ0v) is 14.3. The molecule has 1 heterocycles. The monoisotopic (exact) mass is 356 g/mol. The number of nitro benzene ring substituents is 1. The summed E-state index contributed by atoms with van der Waals surface area (Å²) in [7, 11) is 1.89. The van der Waals surface area contributed by atoms with Crippen molar-refractivity contribution in [2.75, 3.05) is 0 Å². The summed E-state index contributed by atoms with van der Waals surface area (Å²) in [6.07, 6.45) is 0. The van der Waals surface area contributed by atoms with Gasteiger partial charge in [-0.05, 0) is 17.7 Å². The maximum atomic E-state index is 10.6. The molecule has 1 aromatic heterocycles. The minimum absolute atomic E-state index is 0.0330. The summed E-state index contributed by atoms with van der Waals surface area (Å²) in [4.78, 5) is 10.2. The van der Waals surface area contributed by atoms with Gasteiger partial charge in [0, 0.05) is 24.9 Å². The fourth-order valence-electron chi connectivity index (χ4n) is 2.13. The number of nitrogens with zero attached hydrogens (tertiary/aromatic N) is 4. The van der Waals surface area contributed by atoms with Gasteiger partial charge in [0.1, 0.15) is 12.4 Å². The zero-order valence-electron chi connectivity index (χ0n) is 13.5. The maximum Gasteiger partial charge on any atom is 0.269 e. The summed E-state index contributed by atoms with van der Waals surface area (Å²) < 4.78 is 7.52. The molecule has 8 heteroatoms. The molecule has 0 radical (unpaired) electrons. The van der Waals surface area contributed by atoms with Crippen molar-refractivity contribution in [1.29, 1.82) is 0 Å². The molecule has 0 aliphatic carbocycles. The third-order valence-corrected chi connectivity index (χ3v) is 4.64. The van der Waals surface area contributed by atoms with Gasteiger partial charge >= 0.3 is 0 Å². The van der Waals surface area contributed by atoms with Gasteiger partial charge in [0.2, 0.25) is 0 Å². The molecule has 25 heavy (non-hydrogen) atoms. The van der Waals surface area contributed by atoms with Crippen molar-refractivity contribution in [2.24, 2.45) is 7.05 Å². The molecule has 128 valence electrons. The Morgan fingerprint density at radius 3 is 2.52 bits per heavy atom. The number of hydrogen-bond acceptors (Lipinski definition) is 6. The van der Waals surface area contributed by atoms with E-state index in [-0.39, 0.29) is 12.3 Å². The lowest BCUT2D eigenvalue weighted by atomic mass is 10.2. The molecule has 0 amide bonds. The first-order valence-electron chi connectivity index (χ1n) is 7.56. The first-order valence-corrected chi connectivity index (χ1v) is 8.54. The Morgan fingerprint density at radius 1 is 1.12 bits per heavy atom. The summed E-state index contributed by atoms with van der Waals surface area (Å²) >= 11 is 1.61. The standard InChI is InChI=1S/C17H16N4O3S/c1-20-16(11-24-15-9-7-14(8-10-15)21(22)23)18-19-17(20)25-12-13-5-3-2-4-6-13/h2-10H,11-12H2,1H3. The third kappa shape index (κ3) is 4.36. The van der Waals surface area contributed by atoms with Gasteiger partial charge in [0.15, 0.2) is 11.0 Å². The van der Waals surface area contributed by atoms with E-state index < -0.39 is 4.92 Å². The Balaban J connectivity index is 1.58. The molecule has 3 rings (SSSR count). The second-order valence-electron chi connectivity index (χ2n) is 5.27. The normalized spacial score (nSPS) is 10.6. The fraction of sp³-hybridized carbons (Fsp3) is 0.176. The Bertz CT molecular complexity index is 850. The predicted molar refractivity (Wildman–Crippen MR) is 94.4 cm³/mol. The number of hydrogen-bond donors (Lipinski definition) is 0. The molecule has 3 aromatic rings. The molecule has 0 atom stereocenters. The van der Waals surface area contributed by atoms with E-state index in [1.165, 1.54) is 17.7 Å². The van der Waals surface area contributed by atoms with Gasteiger partial charge in [-0.1, -0.05) is 42.1 Å². The van der Waals surface area contributed by atoms with Crippen molar-refractivity contribution in [2.45, 2.75) is 17.5 Å². The van der Waals surface area contributed by atoms with Crippen LogP contribution in [0.2, 0.25) is 0 Å². The number of nitro groups is 1. The summed E-state index contributed by atoms with van der Waals surface area (Å²) in [6, 6.07) is 16.1. The van der Waals surface area contributed by atoms with Crippen molar-refractivity contribution in [3.8, 4) is 5.75 Å². The van der Waals surface area contributed by atoms with Crippen LogP contribution in [0.3, 0.4) is 0 Å². The molecule has 0 aliphatic rings. The van der Waals surface area contributed by atoms with Crippen molar-refractivity contribution < 1.29 is 9.66 Å². The van der Waals surface area contributed by atoms with E-state index in [0.717, 1.165) is 10.9 Å². The van der Waals surface area contributed by atoms with Crippen LogP contribution in [0, 0.1) is 10.1 Å². The Hall–Kier alpha value is -2.87. The van der Waals surface area contributed by atoms with Crippen LogP contribution in [-0.4, -0.2) is 19.7 Å². The third-order valence-electron chi connectivity index (χ3n) is 3.55. The lowest BCUT2D eigenvalue weighted by molar-refractivity contribution is -0.384. The van der Waals surface area contributed by atoms with Crippen LogP contribution in [-0.2, 0) is 19.4 Å². The topological polar surface area (TPSA) is 83.1 Å². The number of benzene rings is 2. The molecule has 0 aliphatic heterocycles. The number of rotatable bonds is 7. The van der Waals surface area contributed by atoms with E-state index in [0.29, 0.717) is 11.6 Å². The molecular weight excluding hydrogens is 340 g/mol. The first-order chi connectivity index (χ1) is 12.1. The van der Waals surface area contributed by atoms with E-state index >= 15 is 0 Å².